The fourth-order valence-electron chi connectivity index (χ4n) is 5.95. The number of cyclic esters (lactones) is 2. The number of carbonyl (C=O) groups is 4. The highest BCUT2D eigenvalue weighted by atomic mass is 19.4. The average Bonchev–Trinajstić information content (AvgIpc) is 3.51. The highest BCUT2D eigenvalue weighted by molar-refractivity contribution is 6.10. The number of halogens is 8. The van der Waals surface area contributed by atoms with E-state index in [0.29, 0.717) is 25.7 Å². The van der Waals surface area contributed by atoms with E-state index in [9.17, 15) is 54.3 Å². The van der Waals surface area contributed by atoms with Crippen LogP contribution in [0.2, 0.25) is 0 Å². The largest absolute Gasteiger partial charge is 0.462 e. The van der Waals surface area contributed by atoms with Crippen LogP contribution in [0.25, 0.3) is 0 Å². The molecule has 296 valence electrons. The number of allylic oxidation sites excluding steroid dienone is 12. The monoisotopic (exact) mass is 772 g/mol. The van der Waals surface area contributed by atoms with Gasteiger partial charge in [-0.05, 0) is 50.7 Å². The van der Waals surface area contributed by atoms with E-state index in [2.05, 4.69) is 0 Å². The molecule has 0 radical (unpaired) electrons. The average molecular weight is 773 g/mol. The van der Waals surface area contributed by atoms with Gasteiger partial charge in [0, 0.05) is 61.5 Å². The summed E-state index contributed by atoms with van der Waals surface area (Å²) in [5.41, 5.74) is 0.248. The molecule has 0 N–H and O–H groups in total. The van der Waals surface area contributed by atoms with E-state index in [1.807, 2.05) is 0 Å². The zero-order valence-electron chi connectivity index (χ0n) is 29.6. The topological polar surface area (TPSA) is 86.7 Å². The van der Waals surface area contributed by atoms with Gasteiger partial charge in [0.1, 0.15) is 12.2 Å². The Morgan fingerprint density at radius 1 is 0.574 bits per heavy atom. The first-order valence-electron chi connectivity index (χ1n) is 17.9. The van der Waals surface area contributed by atoms with Crippen molar-refractivity contribution in [1.82, 2.24) is 0 Å². The van der Waals surface area contributed by atoms with Gasteiger partial charge in [0.2, 0.25) is 11.6 Å². The minimum Gasteiger partial charge on any atom is -0.462 e. The molecule has 1 aliphatic heterocycles. The van der Waals surface area contributed by atoms with Crippen LogP contribution in [0, 0.1) is 11.8 Å². The number of carbonyl (C=O) groups excluding carboxylic acids is 4. The van der Waals surface area contributed by atoms with Gasteiger partial charge in [-0.25, -0.2) is 8.78 Å². The highest BCUT2D eigenvalue weighted by Crippen LogP contribution is 2.33. The molecule has 0 saturated carbocycles. The maximum atomic E-state index is 14.4. The van der Waals surface area contributed by atoms with Gasteiger partial charge in [-0.15, -0.1) is 0 Å². The summed E-state index contributed by atoms with van der Waals surface area (Å²) in [6, 6.07) is 0. The summed E-state index contributed by atoms with van der Waals surface area (Å²) in [6.07, 6.45) is 4.82. The fourth-order valence-corrected chi connectivity index (χ4v) is 5.95. The van der Waals surface area contributed by atoms with Crippen molar-refractivity contribution in [2.24, 2.45) is 11.8 Å². The molecule has 14 heteroatoms. The lowest BCUT2D eigenvalue weighted by atomic mass is 9.95. The van der Waals surface area contributed by atoms with Gasteiger partial charge < -0.3 is 9.47 Å². The Labute approximate surface area is 309 Å². The maximum Gasteiger partial charge on any atom is 0.392 e. The molecule has 0 spiro atoms. The van der Waals surface area contributed by atoms with Crippen LogP contribution < -0.4 is 0 Å². The molecule has 0 amide bonds. The third-order valence-electron chi connectivity index (χ3n) is 8.70. The molecule has 3 aliphatic rings. The summed E-state index contributed by atoms with van der Waals surface area (Å²) in [5.74, 6) is -6.11. The van der Waals surface area contributed by atoms with E-state index in [-0.39, 0.29) is 62.5 Å². The molecular weight excluding hydrogens is 728 g/mol. The molecule has 4 atom stereocenters. The van der Waals surface area contributed by atoms with Gasteiger partial charge in [0.15, 0.2) is 11.7 Å². The number of Topliss-reactive ketones (excluding diaryl/α,β-unsaturated/α-hetero) is 2. The molecule has 1 heterocycles. The van der Waals surface area contributed by atoms with Gasteiger partial charge in [-0.3, -0.25) is 19.2 Å². The fraction of sp³-hybridized carbons (Fsp3) is 0.500. The van der Waals surface area contributed by atoms with Crippen molar-refractivity contribution in [2.75, 3.05) is 0 Å². The van der Waals surface area contributed by atoms with Crippen molar-refractivity contribution >= 4 is 23.5 Å². The highest BCUT2D eigenvalue weighted by Gasteiger charge is 2.31. The van der Waals surface area contributed by atoms with E-state index < -0.39 is 84.4 Å². The number of fused-ring (bicyclic) bond motifs is 2. The van der Waals surface area contributed by atoms with Crippen LogP contribution >= 0.6 is 0 Å². The van der Waals surface area contributed by atoms with Crippen LogP contribution in [0.3, 0.4) is 0 Å². The molecule has 0 aromatic heterocycles. The number of hydrogen-bond donors (Lipinski definition) is 0. The second-order valence-corrected chi connectivity index (χ2v) is 13.2. The molecule has 3 rings (SSSR count). The molecular formula is C40H44F8O6. The van der Waals surface area contributed by atoms with E-state index in [4.69, 9.17) is 9.47 Å². The molecule has 0 bridgehead atoms. The summed E-state index contributed by atoms with van der Waals surface area (Å²) in [7, 11) is 0. The van der Waals surface area contributed by atoms with Crippen molar-refractivity contribution in [3.8, 4) is 0 Å². The molecule has 0 aromatic carbocycles. The minimum absolute atomic E-state index is 0.0499. The van der Waals surface area contributed by atoms with Crippen LogP contribution in [0.5, 0.6) is 0 Å². The zero-order chi connectivity index (χ0) is 39.7. The number of ether oxygens (including phenoxy) is 2. The molecule has 0 unspecified atom stereocenters. The van der Waals surface area contributed by atoms with Gasteiger partial charge >= 0.3 is 24.3 Å². The van der Waals surface area contributed by atoms with Gasteiger partial charge in [-0.2, -0.15) is 26.3 Å². The van der Waals surface area contributed by atoms with Crippen molar-refractivity contribution in [3.05, 3.63) is 95.7 Å². The summed E-state index contributed by atoms with van der Waals surface area (Å²) in [6.45, 7) is 0. The lowest BCUT2D eigenvalue weighted by Gasteiger charge is -2.16. The van der Waals surface area contributed by atoms with Crippen molar-refractivity contribution < 1.29 is 63.8 Å². The number of ketones is 2. The lowest BCUT2D eigenvalue weighted by Crippen LogP contribution is -2.18. The molecule has 54 heavy (non-hydrogen) atoms. The van der Waals surface area contributed by atoms with Gasteiger partial charge in [0.05, 0.1) is 12.8 Å². The number of rotatable bonds is 6. The van der Waals surface area contributed by atoms with E-state index in [1.165, 1.54) is 24.3 Å². The zero-order valence-corrected chi connectivity index (χ0v) is 29.6. The van der Waals surface area contributed by atoms with E-state index in [0.717, 1.165) is 24.3 Å². The molecule has 0 saturated heterocycles. The van der Waals surface area contributed by atoms with Crippen LogP contribution in [-0.2, 0) is 28.7 Å². The van der Waals surface area contributed by atoms with Crippen LogP contribution in [0.1, 0.15) is 89.9 Å². The first kappa shape index (κ1) is 44.0. The Morgan fingerprint density at radius 2 is 0.963 bits per heavy atom. The maximum absolute atomic E-state index is 14.4. The standard InChI is InChI=1S/C40H44F8O6/c41-33-25-27-13-5-1-3-7-17-35(49)53-29(15-9-11-23-39(43,44)45)20-22-32-28(26-34(42)38(32)52)14-6-2-4-8-18-36(50)54-30(19-21-31(27)37(33)51)16-10-12-24-40(46,47)48/h1-2,5-6,9-12,21-22,25-30H,3-4,7-8,13-20,23-24H2/b5-1-,6-2-,11-9-,12-10-,31-21+,32-22+/t27-,28-,29-,30-/m0/s1. The summed E-state index contributed by atoms with van der Waals surface area (Å²) in [5, 5.41) is 0. The molecule has 6 nitrogen and oxygen atoms in total. The Hall–Kier alpha value is -4.36. The van der Waals surface area contributed by atoms with Crippen LogP contribution in [0.15, 0.2) is 95.7 Å². The quantitative estimate of drug-likeness (QED) is 0.152. The Kier molecular flexibility index (Phi) is 17.5. The van der Waals surface area contributed by atoms with Crippen molar-refractivity contribution in [3.63, 3.8) is 0 Å². The second-order valence-electron chi connectivity index (χ2n) is 13.2. The molecule has 2 aliphatic carbocycles. The molecule has 0 aromatic rings. The third kappa shape index (κ3) is 16.3. The Balaban J connectivity index is 1.78. The van der Waals surface area contributed by atoms with Crippen molar-refractivity contribution in [2.45, 2.75) is 114 Å². The number of alkyl halides is 6. The molecule has 0 fully saturated rings. The van der Waals surface area contributed by atoms with Crippen LogP contribution in [-0.4, -0.2) is 48.1 Å². The van der Waals surface area contributed by atoms with Gasteiger partial charge in [0.25, 0.3) is 0 Å². The van der Waals surface area contributed by atoms with Crippen LogP contribution in [0.4, 0.5) is 35.1 Å². The summed E-state index contributed by atoms with van der Waals surface area (Å²) in [4.78, 5) is 50.5. The first-order chi connectivity index (χ1) is 25.5. The Bertz CT molecular complexity index is 1460. The lowest BCUT2D eigenvalue weighted by molar-refractivity contribution is -0.149. The first-order valence-corrected chi connectivity index (χ1v) is 17.9. The van der Waals surface area contributed by atoms with E-state index >= 15 is 0 Å². The van der Waals surface area contributed by atoms with Crippen molar-refractivity contribution in [1.29, 1.82) is 0 Å². The predicted octanol–water partition coefficient (Wildman–Crippen LogP) is 10.6. The number of hydrogen-bond acceptors (Lipinski definition) is 6. The minimum atomic E-state index is -4.42. The number of esters is 2. The Morgan fingerprint density at radius 3 is 1.33 bits per heavy atom. The van der Waals surface area contributed by atoms with E-state index in [1.54, 1.807) is 24.3 Å². The second kappa shape index (κ2) is 21.5. The summed E-state index contributed by atoms with van der Waals surface area (Å²) < 4.78 is 116. The third-order valence-corrected chi connectivity index (χ3v) is 8.70. The normalized spacial score (nSPS) is 28.3. The summed E-state index contributed by atoms with van der Waals surface area (Å²) >= 11 is 0. The van der Waals surface area contributed by atoms with Gasteiger partial charge in [-0.1, -0.05) is 60.8 Å². The predicted molar refractivity (Wildman–Crippen MR) is 185 cm³/mol. The SMILES string of the molecule is O=C1CCC/C=C\C[C@H]2C=C(F)C(=O)/C2=C/C[C@H](C/C=C\CC(F)(F)F)OC(=O)CCC/C=C\C[C@H]2C=C(F)C(=O)/C2=C/C[C@H](C/C=C\CC(F)(F)F)O1. The smallest absolute Gasteiger partial charge is 0.392 e.